The van der Waals surface area contributed by atoms with Gasteiger partial charge in [-0.3, -0.25) is 4.98 Å². The number of hydrogen-bond donors (Lipinski definition) is 1. The van der Waals surface area contributed by atoms with E-state index in [2.05, 4.69) is 17.2 Å². The number of alkyl halides is 2. The van der Waals surface area contributed by atoms with Crippen molar-refractivity contribution in [3.63, 3.8) is 0 Å². The van der Waals surface area contributed by atoms with Crippen molar-refractivity contribution in [1.82, 2.24) is 15.2 Å². The van der Waals surface area contributed by atoms with Gasteiger partial charge in [-0.1, -0.05) is 0 Å². The summed E-state index contributed by atoms with van der Waals surface area (Å²) in [6.07, 6.45) is 2.65. The van der Waals surface area contributed by atoms with Gasteiger partial charge in [-0.15, -0.1) is 0 Å². The summed E-state index contributed by atoms with van der Waals surface area (Å²) in [6.45, 7) is 3.18. The predicted octanol–water partition coefficient (Wildman–Crippen LogP) is 2.44. The Balaban J connectivity index is 1.55. The number of morpholine rings is 1. The number of nitrogens with zero attached hydrogens (tertiary/aromatic N) is 2. The average Bonchev–Trinajstić information content (AvgIpc) is 3.44. The lowest BCUT2D eigenvalue weighted by atomic mass is 9.98. The van der Waals surface area contributed by atoms with Crippen molar-refractivity contribution in [1.29, 1.82) is 0 Å². The molecule has 2 fully saturated rings. The normalized spacial score (nSPS) is 23.6. The van der Waals surface area contributed by atoms with Crippen LogP contribution in [0.25, 0.3) is 0 Å². The first-order valence-corrected chi connectivity index (χ1v) is 8.48. The molecule has 8 heteroatoms. The second-order valence-corrected chi connectivity index (χ2v) is 6.70. The minimum absolute atomic E-state index is 0.188. The number of ether oxygens (including phenoxy) is 2. The van der Waals surface area contributed by atoms with E-state index >= 15 is 0 Å². The highest BCUT2D eigenvalue weighted by atomic mass is 19.3. The van der Waals surface area contributed by atoms with E-state index in [4.69, 9.17) is 9.47 Å². The molecule has 2 amide bonds. The van der Waals surface area contributed by atoms with Crippen molar-refractivity contribution in [3.8, 4) is 5.75 Å². The van der Waals surface area contributed by atoms with Crippen molar-refractivity contribution in [2.75, 3.05) is 26.3 Å². The zero-order valence-corrected chi connectivity index (χ0v) is 14.2. The molecule has 1 aromatic heterocycles. The van der Waals surface area contributed by atoms with Crippen LogP contribution >= 0.6 is 0 Å². The maximum absolute atomic E-state index is 12.5. The minimum Gasteiger partial charge on any atom is -0.486 e. The highest BCUT2D eigenvalue weighted by molar-refractivity contribution is 5.74. The molecular formula is C17H23F2N3O3. The van der Waals surface area contributed by atoms with Crippen LogP contribution in [-0.2, 0) is 11.3 Å². The molecule has 1 aliphatic carbocycles. The molecule has 0 radical (unpaired) electrons. The first kappa shape index (κ1) is 17.8. The van der Waals surface area contributed by atoms with Gasteiger partial charge in [-0.2, -0.15) is 0 Å². The topological polar surface area (TPSA) is 63.7 Å². The van der Waals surface area contributed by atoms with Crippen LogP contribution in [0, 0.1) is 5.92 Å². The van der Waals surface area contributed by atoms with E-state index in [1.807, 2.05) is 0 Å². The highest BCUT2D eigenvalue weighted by Crippen LogP contribution is 2.43. The lowest BCUT2D eigenvalue weighted by Gasteiger charge is -2.40. The molecule has 2 aliphatic rings. The fourth-order valence-electron chi connectivity index (χ4n) is 3.13. The lowest BCUT2D eigenvalue weighted by Crippen LogP contribution is -2.55. The average molecular weight is 355 g/mol. The predicted molar refractivity (Wildman–Crippen MR) is 86.6 cm³/mol. The highest BCUT2D eigenvalue weighted by Gasteiger charge is 2.46. The van der Waals surface area contributed by atoms with Crippen molar-refractivity contribution >= 4 is 6.03 Å². The number of hydrogen-bond acceptors (Lipinski definition) is 4. The van der Waals surface area contributed by atoms with E-state index in [1.54, 1.807) is 11.0 Å². The fraction of sp³-hybridized carbons (Fsp3) is 0.647. The molecule has 6 nitrogen and oxygen atoms in total. The Labute approximate surface area is 145 Å². The molecule has 1 saturated heterocycles. The molecule has 1 aromatic rings. The van der Waals surface area contributed by atoms with E-state index < -0.39 is 13.0 Å². The van der Waals surface area contributed by atoms with E-state index in [1.165, 1.54) is 12.4 Å². The lowest BCUT2D eigenvalue weighted by molar-refractivity contribution is -0.0988. The first-order chi connectivity index (χ1) is 12.0. The van der Waals surface area contributed by atoms with Gasteiger partial charge >= 0.3 is 6.03 Å². The maximum Gasteiger partial charge on any atom is 0.317 e. The van der Waals surface area contributed by atoms with Crippen LogP contribution in [-0.4, -0.2) is 54.2 Å². The van der Waals surface area contributed by atoms with Crippen LogP contribution in [0.3, 0.4) is 0 Å². The maximum atomic E-state index is 12.5. The smallest absolute Gasteiger partial charge is 0.317 e. The molecule has 1 aliphatic heterocycles. The van der Waals surface area contributed by atoms with Crippen LogP contribution in [0.4, 0.5) is 13.6 Å². The molecule has 3 rings (SSSR count). The first-order valence-electron chi connectivity index (χ1n) is 8.48. The number of rotatable bonds is 6. The van der Waals surface area contributed by atoms with Crippen molar-refractivity contribution in [2.24, 2.45) is 5.92 Å². The Bertz CT molecular complexity index is 613. The Morgan fingerprint density at radius 2 is 2.36 bits per heavy atom. The fourth-order valence-corrected chi connectivity index (χ4v) is 3.13. The number of pyridine rings is 1. The Hall–Kier alpha value is -1.96. The van der Waals surface area contributed by atoms with Gasteiger partial charge in [0.25, 0.3) is 6.43 Å². The van der Waals surface area contributed by atoms with Crippen LogP contribution in [0.5, 0.6) is 5.75 Å². The summed E-state index contributed by atoms with van der Waals surface area (Å²) in [6, 6.07) is 1.46. The van der Waals surface area contributed by atoms with Gasteiger partial charge in [0.05, 0.1) is 24.9 Å². The molecule has 0 spiro atoms. The van der Waals surface area contributed by atoms with E-state index in [0.717, 1.165) is 12.8 Å². The third kappa shape index (κ3) is 4.56. The second-order valence-electron chi connectivity index (χ2n) is 6.70. The number of aromatic nitrogens is 1. The Morgan fingerprint density at radius 1 is 1.56 bits per heavy atom. The third-order valence-electron chi connectivity index (χ3n) is 4.69. The van der Waals surface area contributed by atoms with Crippen LogP contribution < -0.4 is 10.1 Å². The van der Waals surface area contributed by atoms with E-state index in [-0.39, 0.29) is 23.9 Å². The molecule has 1 saturated carbocycles. The van der Waals surface area contributed by atoms with Gasteiger partial charge in [0.15, 0.2) is 0 Å². The zero-order valence-electron chi connectivity index (χ0n) is 14.2. The quantitative estimate of drug-likeness (QED) is 0.851. The molecule has 138 valence electrons. The van der Waals surface area contributed by atoms with Crippen molar-refractivity contribution in [2.45, 2.75) is 38.3 Å². The van der Waals surface area contributed by atoms with Gasteiger partial charge in [-0.25, -0.2) is 13.6 Å². The number of carbonyl (C=O) groups excluding carboxylic acids is 1. The van der Waals surface area contributed by atoms with Gasteiger partial charge in [0, 0.05) is 24.8 Å². The molecule has 25 heavy (non-hydrogen) atoms. The number of nitrogens with one attached hydrogen (secondary N) is 1. The largest absolute Gasteiger partial charge is 0.486 e. The van der Waals surface area contributed by atoms with Crippen LogP contribution in [0.1, 0.15) is 25.3 Å². The number of amides is 2. The summed E-state index contributed by atoms with van der Waals surface area (Å²) >= 11 is 0. The molecule has 0 bridgehead atoms. The van der Waals surface area contributed by atoms with E-state index in [9.17, 15) is 13.6 Å². The van der Waals surface area contributed by atoms with Crippen LogP contribution in [0.15, 0.2) is 18.5 Å². The standard InChI is InChI=1S/C17H23F2N3O3/c1-17(13-2-3-13)11-22(6-7-25-17)16(23)21-8-12-4-5-20-9-14(12)24-10-15(18)19/h4-5,9,13,15H,2-3,6-8,10-11H2,1H3,(H,21,23). The molecular weight excluding hydrogens is 332 g/mol. The SMILES string of the molecule is CC1(C2CC2)CN(C(=O)NCc2ccncc2OCC(F)F)CCO1. The summed E-state index contributed by atoms with van der Waals surface area (Å²) in [5.41, 5.74) is 0.347. The Kier molecular flexibility index (Phi) is 5.36. The molecule has 1 unspecified atom stereocenters. The summed E-state index contributed by atoms with van der Waals surface area (Å²) < 4.78 is 35.6. The van der Waals surface area contributed by atoms with Crippen LogP contribution in [0.2, 0.25) is 0 Å². The van der Waals surface area contributed by atoms with E-state index in [0.29, 0.717) is 31.2 Å². The van der Waals surface area contributed by atoms with Crippen molar-refractivity contribution < 1.29 is 23.0 Å². The monoisotopic (exact) mass is 355 g/mol. The van der Waals surface area contributed by atoms with Gasteiger partial charge in [0.2, 0.25) is 0 Å². The summed E-state index contributed by atoms with van der Waals surface area (Å²) in [7, 11) is 0. The summed E-state index contributed by atoms with van der Waals surface area (Å²) in [5.74, 6) is 0.783. The number of urea groups is 1. The summed E-state index contributed by atoms with van der Waals surface area (Å²) in [4.78, 5) is 18.1. The van der Waals surface area contributed by atoms with Gasteiger partial charge in [0.1, 0.15) is 12.4 Å². The third-order valence-corrected chi connectivity index (χ3v) is 4.69. The van der Waals surface area contributed by atoms with Gasteiger partial charge in [-0.05, 0) is 31.7 Å². The molecule has 2 heterocycles. The molecule has 1 N–H and O–H groups in total. The zero-order chi connectivity index (χ0) is 17.9. The number of carbonyl (C=O) groups is 1. The minimum atomic E-state index is -2.56. The second kappa shape index (κ2) is 7.51. The van der Waals surface area contributed by atoms with Crippen molar-refractivity contribution in [3.05, 3.63) is 24.0 Å². The van der Waals surface area contributed by atoms with Gasteiger partial charge < -0.3 is 19.7 Å². The number of halogens is 2. The Morgan fingerprint density at radius 3 is 3.08 bits per heavy atom. The molecule has 0 aromatic carbocycles. The summed E-state index contributed by atoms with van der Waals surface area (Å²) in [5, 5.41) is 2.83. The molecule has 1 atom stereocenters.